The van der Waals surface area contributed by atoms with Crippen LogP contribution < -0.4 is 56.5 Å². The number of carbonyl (C=O) groups is 4. The molecule has 0 aliphatic heterocycles. The second kappa shape index (κ2) is 6.53. The van der Waals surface area contributed by atoms with Gasteiger partial charge in [0.2, 0.25) is 23.1 Å². The van der Waals surface area contributed by atoms with Gasteiger partial charge in [0.05, 0.1) is 11.1 Å². The maximum atomic E-state index is 12.0. The van der Waals surface area contributed by atoms with Crippen LogP contribution in [0, 0.1) is 0 Å². The molecule has 23 heavy (non-hydrogen) atoms. The average molecular weight is 344 g/mol. The van der Waals surface area contributed by atoms with E-state index < -0.39 is 68.5 Å². The molecule has 2 rings (SSSR count). The van der Waals surface area contributed by atoms with Crippen LogP contribution >= 0.6 is 0 Å². The zero-order valence-corrected chi connectivity index (χ0v) is 15.5. The summed E-state index contributed by atoms with van der Waals surface area (Å²) in [4.78, 5) is 47.3. The first-order valence-electron chi connectivity index (χ1n) is 5.94. The Morgan fingerprint density at radius 1 is 0.652 bits per heavy atom. The van der Waals surface area contributed by atoms with E-state index in [2.05, 4.69) is 0 Å². The van der Waals surface area contributed by atoms with Crippen LogP contribution in [-0.4, -0.2) is 38.5 Å². The molecule has 0 atom stereocenters. The molecular formula is C14H9KO8. The Morgan fingerprint density at radius 2 is 1.13 bits per heavy atom. The molecule has 2 aliphatic rings. The molecule has 0 spiro atoms. The van der Waals surface area contributed by atoms with Gasteiger partial charge in [0.1, 0.15) is 5.76 Å². The number of allylic oxidation sites excluding steroid dienone is 4. The van der Waals surface area contributed by atoms with Crippen LogP contribution in [0.5, 0.6) is 0 Å². The molecule has 8 nitrogen and oxygen atoms in total. The largest absolute Gasteiger partial charge is 1.00 e. The van der Waals surface area contributed by atoms with Crippen molar-refractivity contribution in [3.63, 3.8) is 0 Å². The van der Waals surface area contributed by atoms with Gasteiger partial charge in [-0.25, -0.2) is 0 Å². The number of rotatable bonds is 1. The van der Waals surface area contributed by atoms with Gasteiger partial charge in [-0.15, -0.1) is 0 Å². The first-order valence-corrected chi connectivity index (χ1v) is 5.94. The van der Waals surface area contributed by atoms with Gasteiger partial charge < -0.3 is 20.4 Å². The molecule has 0 radical (unpaired) electrons. The van der Waals surface area contributed by atoms with Crippen molar-refractivity contribution in [2.24, 2.45) is 0 Å². The third-order valence-electron chi connectivity index (χ3n) is 3.41. The Labute approximate surface area is 171 Å². The third kappa shape index (κ3) is 2.74. The fraction of sp³-hybridized carbons (Fsp3) is 0.143. The normalized spacial score (nSPS) is 19.7. The van der Waals surface area contributed by atoms with Crippen LogP contribution in [0.1, 0.15) is 13.8 Å². The molecule has 0 aromatic rings. The van der Waals surface area contributed by atoms with Gasteiger partial charge in [0.15, 0.2) is 11.5 Å². The molecule has 3 N–H and O–H groups in total. The van der Waals surface area contributed by atoms with Crippen molar-refractivity contribution in [3.05, 3.63) is 45.3 Å². The number of hydrogen-bond acceptors (Lipinski definition) is 8. The molecule has 0 fully saturated rings. The van der Waals surface area contributed by atoms with Gasteiger partial charge in [-0.2, -0.15) is 0 Å². The maximum Gasteiger partial charge on any atom is 1.00 e. The number of carbonyl (C=O) groups excluding carboxylic acids is 4. The summed E-state index contributed by atoms with van der Waals surface area (Å²) in [5.41, 5.74) is -3.17. The van der Waals surface area contributed by atoms with Crippen LogP contribution in [0.25, 0.3) is 0 Å². The molecule has 0 unspecified atom stereocenters. The van der Waals surface area contributed by atoms with Gasteiger partial charge in [0, 0.05) is 5.57 Å². The van der Waals surface area contributed by atoms with Gasteiger partial charge in [-0.1, -0.05) is 5.76 Å². The van der Waals surface area contributed by atoms with Crippen molar-refractivity contribution < 1.29 is 91.0 Å². The molecule has 2 aliphatic carbocycles. The smallest absolute Gasteiger partial charge is 0.870 e. The summed E-state index contributed by atoms with van der Waals surface area (Å²) in [6.45, 7) is 2.08. The van der Waals surface area contributed by atoms with Crippen molar-refractivity contribution in [3.8, 4) is 0 Å². The predicted molar refractivity (Wildman–Crippen MR) is 67.4 cm³/mol. The topological polar surface area (TPSA) is 152 Å². The van der Waals surface area contributed by atoms with Crippen molar-refractivity contribution in [1.29, 1.82) is 0 Å². The van der Waals surface area contributed by atoms with Crippen molar-refractivity contribution in [2.75, 3.05) is 0 Å². The molecule has 0 aromatic heterocycles. The second-order valence-corrected chi connectivity index (χ2v) is 4.69. The Morgan fingerprint density at radius 3 is 1.65 bits per heavy atom. The van der Waals surface area contributed by atoms with E-state index in [1.54, 1.807) is 0 Å². The molecule has 0 aromatic carbocycles. The minimum absolute atomic E-state index is 0. The monoisotopic (exact) mass is 344 g/mol. The number of hydrogen-bond donors (Lipinski definition) is 3. The van der Waals surface area contributed by atoms with Gasteiger partial charge in [-0.3, -0.25) is 19.2 Å². The summed E-state index contributed by atoms with van der Waals surface area (Å²) < 4.78 is 0. The summed E-state index contributed by atoms with van der Waals surface area (Å²) in [5, 5.41) is 40.8. The first kappa shape index (κ1) is 19.5. The standard InChI is InChI=1S/C14H10O8.K/c1-3-7(15)11(19)5(12(20)8(3)16)6-13(21)9(17)4(2)10(18)14(6)22;/h15,17,19,22H,1-2H3;/q;+1/p-1. The summed E-state index contributed by atoms with van der Waals surface area (Å²) in [5.74, 6) is -9.92. The second-order valence-electron chi connectivity index (χ2n) is 4.69. The number of ketones is 4. The molecular weight excluding hydrogens is 335 g/mol. The fourth-order valence-electron chi connectivity index (χ4n) is 2.04. The Hall–Kier alpha value is -1.52. The molecule has 9 heteroatoms. The first-order chi connectivity index (χ1) is 10.1. The summed E-state index contributed by atoms with van der Waals surface area (Å²) in [6, 6.07) is 0. The summed E-state index contributed by atoms with van der Waals surface area (Å²) >= 11 is 0. The SMILES string of the molecule is CC1=C([O-])C(O)=C(C2=C(O)C(=O)C(C)=C(O)C2=O)C(=O)C1=O.[K+]. The van der Waals surface area contributed by atoms with Crippen molar-refractivity contribution in [1.82, 2.24) is 0 Å². The van der Waals surface area contributed by atoms with E-state index in [1.165, 1.54) is 0 Å². The van der Waals surface area contributed by atoms with Gasteiger partial charge in [-0.05, 0) is 19.4 Å². The van der Waals surface area contributed by atoms with E-state index >= 15 is 0 Å². The predicted octanol–water partition coefficient (Wildman–Crippen LogP) is -3.62. The van der Waals surface area contributed by atoms with Crippen LogP contribution in [-0.2, 0) is 19.2 Å². The minimum Gasteiger partial charge on any atom is -0.870 e. The van der Waals surface area contributed by atoms with Crippen LogP contribution in [0.15, 0.2) is 45.3 Å². The summed E-state index contributed by atoms with van der Waals surface area (Å²) in [7, 11) is 0. The molecule has 0 bridgehead atoms. The number of aliphatic hydroxyl groups is 3. The van der Waals surface area contributed by atoms with Gasteiger partial charge in [0.25, 0.3) is 0 Å². The van der Waals surface area contributed by atoms with E-state index in [0.29, 0.717) is 0 Å². The Bertz CT molecular complexity index is 807. The Balaban J connectivity index is 0.00000264. The summed E-state index contributed by atoms with van der Waals surface area (Å²) in [6.07, 6.45) is 0. The van der Waals surface area contributed by atoms with E-state index in [1.807, 2.05) is 0 Å². The maximum absolute atomic E-state index is 12.0. The Kier molecular flexibility index (Phi) is 5.55. The van der Waals surface area contributed by atoms with E-state index in [4.69, 9.17) is 0 Å². The zero-order valence-electron chi connectivity index (χ0n) is 12.4. The molecule has 0 saturated heterocycles. The van der Waals surface area contributed by atoms with Gasteiger partial charge >= 0.3 is 51.4 Å². The quantitative estimate of drug-likeness (QED) is 0.191. The van der Waals surface area contributed by atoms with Crippen LogP contribution in [0.4, 0.5) is 0 Å². The fourth-order valence-corrected chi connectivity index (χ4v) is 2.04. The molecule has 0 saturated carbocycles. The van der Waals surface area contributed by atoms with E-state index in [0.717, 1.165) is 13.8 Å². The van der Waals surface area contributed by atoms with Crippen LogP contribution in [0.3, 0.4) is 0 Å². The van der Waals surface area contributed by atoms with Crippen molar-refractivity contribution >= 4 is 23.1 Å². The number of Topliss-reactive ketones (excluding diaryl/α,β-unsaturated/α-hetero) is 4. The third-order valence-corrected chi connectivity index (χ3v) is 3.41. The molecule has 0 amide bonds. The van der Waals surface area contributed by atoms with E-state index in [9.17, 15) is 39.6 Å². The minimum atomic E-state index is -1.43. The number of aliphatic hydroxyl groups excluding tert-OH is 3. The van der Waals surface area contributed by atoms with Crippen molar-refractivity contribution in [2.45, 2.75) is 13.8 Å². The molecule has 0 heterocycles. The average Bonchev–Trinajstić information content (AvgIpc) is 2.50. The zero-order chi connectivity index (χ0) is 16.9. The molecule has 114 valence electrons. The van der Waals surface area contributed by atoms with Crippen LogP contribution in [0.2, 0.25) is 0 Å². The van der Waals surface area contributed by atoms with E-state index in [-0.39, 0.29) is 51.4 Å².